The normalized spacial score (nSPS) is 10.4. The van der Waals surface area contributed by atoms with Crippen LogP contribution >= 0.6 is 35.2 Å². The summed E-state index contributed by atoms with van der Waals surface area (Å²) >= 11 is 12.3. The first kappa shape index (κ1) is 17.3. The van der Waals surface area contributed by atoms with Crippen molar-refractivity contribution < 1.29 is 9.90 Å². The van der Waals surface area contributed by atoms with Gasteiger partial charge in [-0.2, -0.15) is 4.68 Å². The molecule has 8 heteroatoms. The molecule has 3 rings (SSSR count). The van der Waals surface area contributed by atoms with Crippen molar-refractivity contribution in [3.8, 4) is 16.2 Å². The van der Waals surface area contributed by atoms with Gasteiger partial charge >= 0.3 is 0 Å². The summed E-state index contributed by atoms with van der Waals surface area (Å²) in [5, 5.41) is 10.3. The first-order valence-electron chi connectivity index (χ1n) is 7.08. The van der Waals surface area contributed by atoms with Crippen molar-refractivity contribution in [1.29, 1.82) is 0 Å². The third-order valence-electron chi connectivity index (χ3n) is 3.35. The molecule has 2 aromatic carbocycles. The highest BCUT2D eigenvalue weighted by Gasteiger charge is 2.13. The van der Waals surface area contributed by atoms with Crippen LogP contribution in [0.1, 0.15) is 10.4 Å². The zero-order valence-corrected chi connectivity index (χ0v) is 15.0. The maximum atomic E-state index is 12.4. The highest BCUT2D eigenvalue weighted by atomic mass is 35.5. The third-order valence-corrected chi connectivity index (χ3v) is 4.96. The Kier molecular flexibility index (Phi) is 4.98. The Hall–Kier alpha value is -2.48. The molecule has 0 fully saturated rings. The maximum Gasteiger partial charge on any atom is 0.274 e. The van der Waals surface area contributed by atoms with Gasteiger partial charge in [-0.25, -0.2) is 0 Å². The lowest BCUT2D eigenvalue weighted by Gasteiger charge is -2.10. The average molecular weight is 391 g/mol. The smallest absolute Gasteiger partial charge is 0.274 e. The molecule has 0 aliphatic rings. The second-order valence-corrected chi connectivity index (χ2v) is 7.13. The van der Waals surface area contributed by atoms with Gasteiger partial charge in [0.2, 0.25) is 0 Å². The second-order valence-electron chi connectivity index (χ2n) is 5.02. The summed E-state index contributed by atoms with van der Waals surface area (Å²) in [5.74, 6) is -0.807. The zero-order valence-electron chi connectivity index (χ0n) is 12.6. The SMILES string of the molecule is O=C(Nn1c(=O)cc(-c2ccc(Cl)cc2)sc1=S)c1ccccc1O. The summed E-state index contributed by atoms with van der Waals surface area (Å²) in [6.07, 6.45) is 0. The lowest BCUT2D eigenvalue weighted by molar-refractivity contribution is 0.100. The number of carbonyl (C=O) groups is 1. The molecule has 0 aliphatic carbocycles. The van der Waals surface area contributed by atoms with Crippen LogP contribution in [-0.2, 0) is 0 Å². The van der Waals surface area contributed by atoms with Crippen LogP contribution in [-0.4, -0.2) is 15.7 Å². The monoisotopic (exact) mass is 390 g/mol. The van der Waals surface area contributed by atoms with E-state index >= 15 is 0 Å². The van der Waals surface area contributed by atoms with Gasteiger partial charge in [-0.15, -0.1) is 11.3 Å². The highest BCUT2D eigenvalue weighted by Crippen LogP contribution is 2.24. The molecule has 0 spiro atoms. The minimum absolute atomic E-state index is 0.0515. The summed E-state index contributed by atoms with van der Waals surface area (Å²) in [6.45, 7) is 0. The van der Waals surface area contributed by atoms with Crippen LogP contribution in [0.15, 0.2) is 59.4 Å². The summed E-state index contributed by atoms with van der Waals surface area (Å²) in [6, 6.07) is 14.4. The lowest BCUT2D eigenvalue weighted by Crippen LogP contribution is -2.32. The Bertz CT molecular complexity index is 1030. The van der Waals surface area contributed by atoms with E-state index in [9.17, 15) is 14.7 Å². The number of para-hydroxylation sites is 1. The van der Waals surface area contributed by atoms with Gasteiger partial charge in [0.25, 0.3) is 11.5 Å². The number of amides is 1. The molecule has 0 bridgehead atoms. The topological polar surface area (TPSA) is 71.3 Å². The van der Waals surface area contributed by atoms with Crippen molar-refractivity contribution in [2.45, 2.75) is 0 Å². The molecule has 0 unspecified atom stereocenters. The van der Waals surface area contributed by atoms with Crippen molar-refractivity contribution in [2.24, 2.45) is 0 Å². The Balaban J connectivity index is 1.95. The van der Waals surface area contributed by atoms with Gasteiger partial charge in [-0.05, 0) is 42.0 Å². The number of carbonyl (C=O) groups excluding carboxylic acids is 1. The number of phenolic OH excluding ortho intramolecular Hbond substituents is 1. The van der Waals surface area contributed by atoms with E-state index in [2.05, 4.69) is 5.43 Å². The summed E-state index contributed by atoms with van der Waals surface area (Å²) in [4.78, 5) is 25.3. The van der Waals surface area contributed by atoms with Crippen LogP contribution in [0.25, 0.3) is 10.4 Å². The molecule has 0 radical (unpaired) electrons. The Labute approximate surface area is 156 Å². The van der Waals surface area contributed by atoms with Crippen LogP contribution in [0.4, 0.5) is 0 Å². The first-order chi connectivity index (χ1) is 12.0. The van der Waals surface area contributed by atoms with Crippen LogP contribution in [0.5, 0.6) is 5.75 Å². The van der Waals surface area contributed by atoms with E-state index in [1.807, 2.05) is 0 Å². The largest absolute Gasteiger partial charge is 0.507 e. The fraction of sp³-hybridized carbons (Fsp3) is 0. The van der Waals surface area contributed by atoms with E-state index in [1.54, 1.807) is 36.4 Å². The number of nitrogens with zero attached hydrogens (tertiary/aromatic N) is 1. The number of aromatic hydroxyl groups is 1. The Morgan fingerprint density at radius 1 is 1.16 bits per heavy atom. The van der Waals surface area contributed by atoms with Gasteiger partial charge in [-0.3, -0.25) is 15.0 Å². The lowest BCUT2D eigenvalue weighted by atomic mass is 10.2. The van der Waals surface area contributed by atoms with E-state index < -0.39 is 11.5 Å². The first-order valence-corrected chi connectivity index (χ1v) is 8.68. The van der Waals surface area contributed by atoms with Crippen molar-refractivity contribution in [3.05, 3.63) is 79.5 Å². The average Bonchev–Trinajstić information content (AvgIpc) is 2.59. The van der Waals surface area contributed by atoms with Crippen LogP contribution < -0.4 is 11.0 Å². The zero-order chi connectivity index (χ0) is 18.0. The molecule has 0 atom stereocenters. The van der Waals surface area contributed by atoms with Gasteiger partial charge in [0.1, 0.15) is 5.75 Å². The van der Waals surface area contributed by atoms with Gasteiger partial charge in [0.15, 0.2) is 3.95 Å². The van der Waals surface area contributed by atoms with E-state index in [1.165, 1.54) is 29.5 Å². The van der Waals surface area contributed by atoms with Gasteiger partial charge in [0.05, 0.1) is 5.56 Å². The number of phenols is 1. The Morgan fingerprint density at radius 3 is 2.48 bits per heavy atom. The highest BCUT2D eigenvalue weighted by molar-refractivity contribution is 7.73. The van der Waals surface area contributed by atoms with Crippen molar-refractivity contribution in [1.82, 2.24) is 4.68 Å². The second kappa shape index (κ2) is 7.18. The van der Waals surface area contributed by atoms with E-state index in [-0.39, 0.29) is 15.3 Å². The Morgan fingerprint density at radius 2 is 1.84 bits per heavy atom. The molecule has 0 saturated heterocycles. The van der Waals surface area contributed by atoms with Crippen molar-refractivity contribution in [3.63, 3.8) is 0 Å². The fourth-order valence-electron chi connectivity index (χ4n) is 2.12. The molecule has 0 saturated carbocycles. The number of benzene rings is 2. The van der Waals surface area contributed by atoms with Crippen LogP contribution in [0.3, 0.4) is 0 Å². The maximum absolute atomic E-state index is 12.4. The molecule has 5 nitrogen and oxygen atoms in total. The van der Waals surface area contributed by atoms with Gasteiger partial charge in [0, 0.05) is 16.0 Å². The number of hydrogen-bond donors (Lipinski definition) is 2. The summed E-state index contributed by atoms with van der Waals surface area (Å²) < 4.78 is 1.16. The minimum Gasteiger partial charge on any atom is -0.507 e. The predicted octanol–water partition coefficient (Wildman–Crippen LogP) is 4.05. The molecule has 1 heterocycles. The quantitative estimate of drug-likeness (QED) is 0.662. The van der Waals surface area contributed by atoms with E-state index in [0.29, 0.717) is 9.90 Å². The van der Waals surface area contributed by atoms with Crippen molar-refractivity contribution in [2.75, 3.05) is 5.43 Å². The number of hydrogen-bond acceptors (Lipinski definition) is 5. The third kappa shape index (κ3) is 3.79. The predicted molar refractivity (Wildman–Crippen MR) is 102 cm³/mol. The number of nitrogens with one attached hydrogen (secondary N) is 1. The fourth-order valence-corrected chi connectivity index (χ4v) is 3.48. The molecular weight excluding hydrogens is 380 g/mol. The molecule has 1 aromatic heterocycles. The molecule has 126 valence electrons. The van der Waals surface area contributed by atoms with Crippen molar-refractivity contribution >= 4 is 41.1 Å². The molecule has 1 amide bonds. The van der Waals surface area contributed by atoms with Gasteiger partial charge < -0.3 is 5.11 Å². The van der Waals surface area contributed by atoms with Gasteiger partial charge in [-0.1, -0.05) is 35.9 Å². The number of rotatable bonds is 3. The summed E-state index contributed by atoms with van der Waals surface area (Å²) in [5.41, 5.74) is 2.79. The van der Waals surface area contributed by atoms with Crippen LogP contribution in [0, 0.1) is 3.95 Å². The molecule has 0 aliphatic heterocycles. The summed E-state index contributed by atoms with van der Waals surface area (Å²) in [7, 11) is 0. The minimum atomic E-state index is -0.627. The van der Waals surface area contributed by atoms with E-state index in [0.717, 1.165) is 10.2 Å². The van der Waals surface area contributed by atoms with Crippen LogP contribution in [0.2, 0.25) is 5.02 Å². The molecule has 3 aromatic rings. The number of aromatic nitrogens is 1. The molecular formula is C17H11ClN2O3S2. The van der Waals surface area contributed by atoms with E-state index in [4.69, 9.17) is 23.8 Å². The molecule has 25 heavy (non-hydrogen) atoms. The number of halogens is 1. The standard InChI is InChI=1S/C17H11ClN2O3S2/c18-11-7-5-10(6-8-11)14-9-15(22)20(17(24)25-14)19-16(23)12-3-1-2-4-13(12)21/h1-9,21H,(H,19,23). The molecule has 2 N–H and O–H groups in total.